The molecule has 0 fully saturated rings. The molecule has 1 amide bonds. The van der Waals surface area contributed by atoms with Gasteiger partial charge in [-0.3, -0.25) is 4.79 Å². The molecule has 0 aliphatic heterocycles. The van der Waals surface area contributed by atoms with Gasteiger partial charge in [0, 0.05) is 23.1 Å². The van der Waals surface area contributed by atoms with Crippen LogP contribution in [0.5, 0.6) is 5.75 Å². The Hall–Kier alpha value is -2.01. The molecular formula is C17H19BrN2O2. The molecule has 4 nitrogen and oxygen atoms in total. The fraction of sp³-hybridized carbons (Fsp3) is 0.235. The lowest BCUT2D eigenvalue weighted by molar-refractivity contribution is -0.116. The Morgan fingerprint density at radius 2 is 1.95 bits per heavy atom. The SMILES string of the molecule is COc1ccccc1NC(=O)CCNc1ccc(Br)cc1C. The minimum Gasteiger partial charge on any atom is -0.495 e. The summed E-state index contributed by atoms with van der Waals surface area (Å²) in [7, 11) is 1.59. The van der Waals surface area contributed by atoms with Gasteiger partial charge in [-0.25, -0.2) is 0 Å². The summed E-state index contributed by atoms with van der Waals surface area (Å²) in [5.41, 5.74) is 2.86. The molecule has 2 N–H and O–H groups in total. The van der Waals surface area contributed by atoms with Crippen LogP contribution in [0.25, 0.3) is 0 Å². The van der Waals surface area contributed by atoms with Crippen molar-refractivity contribution in [3.8, 4) is 5.75 Å². The first-order valence-corrected chi connectivity index (χ1v) is 7.82. The molecule has 0 aliphatic carbocycles. The van der Waals surface area contributed by atoms with Gasteiger partial charge >= 0.3 is 0 Å². The monoisotopic (exact) mass is 362 g/mol. The second-order valence-corrected chi connectivity index (χ2v) is 5.80. The van der Waals surface area contributed by atoms with E-state index in [4.69, 9.17) is 4.74 Å². The Morgan fingerprint density at radius 3 is 2.68 bits per heavy atom. The summed E-state index contributed by atoms with van der Waals surface area (Å²) in [4.78, 5) is 12.0. The van der Waals surface area contributed by atoms with Crippen molar-refractivity contribution in [2.45, 2.75) is 13.3 Å². The Bertz CT molecular complexity index is 659. The van der Waals surface area contributed by atoms with Crippen molar-refractivity contribution in [3.63, 3.8) is 0 Å². The van der Waals surface area contributed by atoms with Crippen LogP contribution in [-0.4, -0.2) is 19.6 Å². The van der Waals surface area contributed by atoms with Crippen molar-refractivity contribution in [2.24, 2.45) is 0 Å². The molecule has 0 saturated carbocycles. The van der Waals surface area contributed by atoms with E-state index in [1.165, 1.54) is 0 Å². The van der Waals surface area contributed by atoms with Gasteiger partial charge < -0.3 is 15.4 Å². The molecule has 22 heavy (non-hydrogen) atoms. The number of para-hydroxylation sites is 2. The van der Waals surface area contributed by atoms with Gasteiger partial charge in [0.15, 0.2) is 0 Å². The van der Waals surface area contributed by atoms with E-state index in [2.05, 4.69) is 26.6 Å². The summed E-state index contributed by atoms with van der Waals surface area (Å²) in [5.74, 6) is 0.610. The predicted molar refractivity (Wildman–Crippen MR) is 93.6 cm³/mol. The van der Waals surface area contributed by atoms with Crippen LogP contribution >= 0.6 is 15.9 Å². The fourth-order valence-corrected chi connectivity index (χ4v) is 2.57. The number of nitrogens with one attached hydrogen (secondary N) is 2. The molecule has 0 saturated heterocycles. The zero-order chi connectivity index (χ0) is 15.9. The van der Waals surface area contributed by atoms with Crippen LogP contribution in [0.3, 0.4) is 0 Å². The number of ether oxygens (including phenoxy) is 1. The number of amides is 1. The van der Waals surface area contributed by atoms with E-state index in [0.29, 0.717) is 24.4 Å². The predicted octanol–water partition coefficient (Wildman–Crippen LogP) is 4.21. The molecule has 0 bridgehead atoms. The minimum atomic E-state index is -0.0493. The van der Waals surface area contributed by atoms with Crippen LogP contribution in [-0.2, 0) is 4.79 Å². The van der Waals surface area contributed by atoms with Crippen LogP contribution in [0.4, 0.5) is 11.4 Å². The molecule has 2 rings (SSSR count). The third kappa shape index (κ3) is 4.49. The summed E-state index contributed by atoms with van der Waals surface area (Å²) in [6.45, 7) is 2.60. The quantitative estimate of drug-likeness (QED) is 0.809. The number of benzene rings is 2. The van der Waals surface area contributed by atoms with Gasteiger partial charge in [0.1, 0.15) is 5.75 Å². The van der Waals surface area contributed by atoms with E-state index in [1.807, 2.05) is 49.4 Å². The highest BCUT2D eigenvalue weighted by atomic mass is 79.9. The third-order valence-corrected chi connectivity index (χ3v) is 3.73. The number of carbonyl (C=O) groups excluding carboxylic acids is 1. The zero-order valence-electron chi connectivity index (χ0n) is 12.7. The molecule has 0 aromatic heterocycles. The number of halogens is 1. The van der Waals surface area contributed by atoms with Gasteiger partial charge in [-0.15, -0.1) is 0 Å². The highest BCUT2D eigenvalue weighted by Gasteiger charge is 2.07. The number of methoxy groups -OCH3 is 1. The van der Waals surface area contributed by atoms with E-state index >= 15 is 0 Å². The summed E-state index contributed by atoms with van der Waals surface area (Å²) >= 11 is 3.43. The average Bonchev–Trinajstić information content (AvgIpc) is 2.50. The van der Waals surface area contributed by atoms with Gasteiger partial charge in [0.2, 0.25) is 5.91 Å². The maximum Gasteiger partial charge on any atom is 0.226 e. The number of hydrogen-bond acceptors (Lipinski definition) is 3. The number of carbonyl (C=O) groups is 1. The van der Waals surface area contributed by atoms with Crippen molar-refractivity contribution in [1.82, 2.24) is 0 Å². The smallest absolute Gasteiger partial charge is 0.226 e. The van der Waals surface area contributed by atoms with Crippen LogP contribution in [0.15, 0.2) is 46.9 Å². The molecule has 2 aromatic carbocycles. The maximum absolute atomic E-state index is 12.0. The lowest BCUT2D eigenvalue weighted by Gasteiger charge is -2.11. The second-order valence-electron chi connectivity index (χ2n) is 4.88. The molecule has 0 atom stereocenters. The maximum atomic E-state index is 12.0. The molecule has 0 aliphatic rings. The highest BCUT2D eigenvalue weighted by Crippen LogP contribution is 2.23. The second kappa shape index (κ2) is 7.84. The van der Waals surface area contributed by atoms with Gasteiger partial charge in [-0.1, -0.05) is 28.1 Å². The number of rotatable bonds is 6. The molecule has 2 aromatic rings. The molecule has 5 heteroatoms. The van der Waals surface area contributed by atoms with Gasteiger partial charge in [0.25, 0.3) is 0 Å². The zero-order valence-corrected chi connectivity index (χ0v) is 14.2. The van der Waals surface area contributed by atoms with Crippen LogP contribution < -0.4 is 15.4 Å². The average molecular weight is 363 g/mol. The van der Waals surface area contributed by atoms with E-state index in [9.17, 15) is 4.79 Å². The van der Waals surface area contributed by atoms with E-state index < -0.39 is 0 Å². The molecular weight excluding hydrogens is 344 g/mol. The minimum absolute atomic E-state index is 0.0493. The van der Waals surface area contributed by atoms with E-state index in [1.54, 1.807) is 7.11 Å². The lowest BCUT2D eigenvalue weighted by Crippen LogP contribution is -2.16. The van der Waals surface area contributed by atoms with Gasteiger partial charge in [0.05, 0.1) is 12.8 Å². The molecule has 116 valence electrons. The molecule has 0 heterocycles. The Morgan fingerprint density at radius 1 is 1.18 bits per heavy atom. The topological polar surface area (TPSA) is 50.4 Å². The standard InChI is InChI=1S/C17H19BrN2O2/c1-12-11-13(18)7-8-14(12)19-10-9-17(21)20-15-5-3-4-6-16(15)22-2/h3-8,11,19H,9-10H2,1-2H3,(H,20,21). The van der Waals surface area contributed by atoms with Crippen LogP contribution in [0, 0.1) is 6.92 Å². The third-order valence-electron chi connectivity index (χ3n) is 3.24. The van der Waals surface area contributed by atoms with Crippen molar-refractivity contribution in [3.05, 3.63) is 52.5 Å². The molecule has 0 radical (unpaired) electrons. The first-order chi connectivity index (χ1) is 10.6. The highest BCUT2D eigenvalue weighted by molar-refractivity contribution is 9.10. The summed E-state index contributed by atoms with van der Waals surface area (Å²) in [5, 5.41) is 6.13. The summed E-state index contributed by atoms with van der Waals surface area (Å²) in [6, 6.07) is 13.4. The molecule has 0 spiro atoms. The Kier molecular flexibility index (Phi) is 5.83. The summed E-state index contributed by atoms with van der Waals surface area (Å²) in [6.07, 6.45) is 0.382. The van der Waals surface area contributed by atoms with Crippen molar-refractivity contribution in [1.29, 1.82) is 0 Å². The van der Waals surface area contributed by atoms with Crippen molar-refractivity contribution in [2.75, 3.05) is 24.3 Å². The fourth-order valence-electron chi connectivity index (χ4n) is 2.10. The first-order valence-electron chi connectivity index (χ1n) is 7.03. The van der Waals surface area contributed by atoms with E-state index in [-0.39, 0.29) is 5.91 Å². The Labute approximate surface area is 139 Å². The normalized spacial score (nSPS) is 10.1. The van der Waals surface area contributed by atoms with Crippen LogP contribution in [0.1, 0.15) is 12.0 Å². The van der Waals surface area contributed by atoms with Gasteiger partial charge in [-0.05, 0) is 42.8 Å². The number of aryl methyl sites for hydroxylation is 1. The summed E-state index contributed by atoms with van der Waals surface area (Å²) < 4.78 is 6.26. The molecule has 0 unspecified atom stereocenters. The van der Waals surface area contributed by atoms with E-state index in [0.717, 1.165) is 15.7 Å². The lowest BCUT2D eigenvalue weighted by atomic mass is 10.2. The Balaban J connectivity index is 1.85. The first kappa shape index (κ1) is 16.4. The van der Waals surface area contributed by atoms with Crippen molar-refractivity contribution < 1.29 is 9.53 Å². The number of anilines is 2. The van der Waals surface area contributed by atoms with Gasteiger partial charge in [-0.2, -0.15) is 0 Å². The van der Waals surface area contributed by atoms with Crippen LogP contribution in [0.2, 0.25) is 0 Å². The van der Waals surface area contributed by atoms with Crippen molar-refractivity contribution >= 4 is 33.2 Å². The largest absolute Gasteiger partial charge is 0.495 e. The number of hydrogen-bond donors (Lipinski definition) is 2.